The number of ether oxygens (including phenoxy) is 2. The summed E-state index contributed by atoms with van der Waals surface area (Å²) in [4.78, 5) is 8.96. The second-order valence-electron chi connectivity index (χ2n) is 7.82. The monoisotopic (exact) mass is 406 g/mol. The van der Waals surface area contributed by atoms with Crippen LogP contribution in [0.2, 0.25) is 0 Å². The predicted molar refractivity (Wildman–Crippen MR) is 115 cm³/mol. The molecule has 29 heavy (non-hydrogen) atoms. The van der Waals surface area contributed by atoms with Gasteiger partial charge in [0.2, 0.25) is 0 Å². The first-order valence-electron chi connectivity index (χ1n) is 10.9. The third kappa shape index (κ3) is 6.57. The van der Waals surface area contributed by atoms with E-state index >= 15 is 0 Å². The Morgan fingerprint density at radius 3 is 2.62 bits per heavy atom. The lowest BCUT2D eigenvalue weighted by Crippen LogP contribution is -2.40. The number of rotatable bonds is 7. The zero-order chi connectivity index (χ0) is 20.5. The highest BCUT2D eigenvalue weighted by atomic mass is 19.1. The van der Waals surface area contributed by atoms with E-state index in [0.29, 0.717) is 25.4 Å². The summed E-state index contributed by atoms with van der Waals surface area (Å²) < 4.78 is 25.4. The molecule has 0 aromatic heterocycles. The van der Waals surface area contributed by atoms with E-state index in [-0.39, 0.29) is 5.82 Å². The molecule has 2 saturated heterocycles. The van der Waals surface area contributed by atoms with Crippen molar-refractivity contribution in [3.8, 4) is 0 Å². The third-order valence-electron chi connectivity index (χ3n) is 5.69. The van der Waals surface area contributed by atoms with Gasteiger partial charge in [0, 0.05) is 46.4 Å². The van der Waals surface area contributed by atoms with Gasteiger partial charge in [0.05, 0.1) is 25.4 Å². The van der Waals surface area contributed by atoms with Crippen LogP contribution in [0.3, 0.4) is 0 Å². The SMILES string of the molecule is CCNC(=NCc1ccc(N2CCOCC2)c(F)c1)N(C)CCC1CCOCC1. The van der Waals surface area contributed by atoms with Gasteiger partial charge in [0.15, 0.2) is 5.96 Å². The summed E-state index contributed by atoms with van der Waals surface area (Å²) >= 11 is 0. The van der Waals surface area contributed by atoms with E-state index in [9.17, 15) is 4.39 Å². The minimum Gasteiger partial charge on any atom is -0.381 e. The summed E-state index contributed by atoms with van der Waals surface area (Å²) in [6.07, 6.45) is 3.44. The summed E-state index contributed by atoms with van der Waals surface area (Å²) in [5, 5.41) is 3.35. The molecule has 162 valence electrons. The second-order valence-corrected chi connectivity index (χ2v) is 7.82. The maximum Gasteiger partial charge on any atom is 0.193 e. The van der Waals surface area contributed by atoms with Gasteiger partial charge in [-0.15, -0.1) is 0 Å². The van der Waals surface area contributed by atoms with E-state index in [4.69, 9.17) is 14.5 Å². The molecule has 2 fully saturated rings. The van der Waals surface area contributed by atoms with Gasteiger partial charge in [0.1, 0.15) is 5.82 Å². The van der Waals surface area contributed by atoms with Gasteiger partial charge in [-0.05, 0) is 49.8 Å². The Balaban J connectivity index is 1.57. The van der Waals surface area contributed by atoms with Crippen LogP contribution in [-0.2, 0) is 16.0 Å². The third-order valence-corrected chi connectivity index (χ3v) is 5.69. The van der Waals surface area contributed by atoms with E-state index < -0.39 is 0 Å². The van der Waals surface area contributed by atoms with Gasteiger partial charge in [-0.2, -0.15) is 0 Å². The zero-order valence-corrected chi connectivity index (χ0v) is 17.8. The molecule has 0 spiro atoms. The largest absolute Gasteiger partial charge is 0.381 e. The predicted octanol–water partition coefficient (Wildman–Crippen LogP) is 2.88. The van der Waals surface area contributed by atoms with E-state index in [2.05, 4.69) is 24.2 Å². The van der Waals surface area contributed by atoms with Crippen LogP contribution in [0.15, 0.2) is 23.2 Å². The molecule has 1 N–H and O–H groups in total. The number of hydrogen-bond acceptors (Lipinski definition) is 4. The van der Waals surface area contributed by atoms with Crippen molar-refractivity contribution >= 4 is 11.6 Å². The second kappa shape index (κ2) is 11.4. The average molecular weight is 407 g/mol. The molecule has 1 aromatic carbocycles. The Hall–Kier alpha value is -1.86. The fourth-order valence-corrected chi connectivity index (χ4v) is 3.86. The zero-order valence-electron chi connectivity index (χ0n) is 17.8. The lowest BCUT2D eigenvalue weighted by Gasteiger charge is -2.29. The van der Waals surface area contributed by atoms with Crippen molar-refractivity contribution in [1.82, 2.24) is 10.2 Å². The summed E-state index contributed by atoms with van der Waals surface area (Å²) in [5.74, 6) is 1.42. The topological polar surface area (TPSA) is 49.3 Å². The van der Waals surface area contributed by atoms with Gasteiger partial charge < -0.3 is 24.6 Å². The molecule has 6 nitrogen and oxygen atoms in total. The van der Waals surface area contributed by atoms with Crippen molar-refractivity contribution < 1.29 is 13.9 Å². The first-order chi connectivity index (χ1) is 14.2. The van der Waals surface area contributed by atoms with Crippen molar-refractivity contribution in [2.75, 3.05) is 64.6 Å². The number of aliphatic imine (C=N–C) groups is 1. The Labute approximate surface area is 174 Å². The van der Waals surface area contributed by atoms with Crippen LogP contribution in [0.1, 0.15) is 31.7 Å². The van der Waals surface area contributed by atoms with Crippen molar-refractivity contribution in [3.63, 3.8) is 0 Å². The summed E-state index contributed by atoms with van der Waals surface area (Å²) in [6, 6.07) is 5.45. The normalized spacial score (nSPS) is 18.7. The molecule has 0 radical (unpaired) electrons. The maximum absolute atomic E-state index is 14.6. The molecule has 0 bridgehead atoms. The van der Waals surface area contributed by atoms with E-state index in [0.717, 1.165) is 76.1 Å². The number of benzene rings is 1. The fourth-order valence-electron chi connectivity index (χ4n) is 3.86. The van der Waals surface area contributed by atoms with Crippen LogP contribution in [-0.4, -0.2) is 70.5 Å². The van der Waals surface area contributed by atoms with Crippen molar-refractivity contribution in [2.24, 2.45) is 10.9 Å². The molecule has 0 atom stereocenters. The lowest BCUT2D eigenvalue weighted by atomic mass is 9.96. The van der Waals surface area contributed by atoms with Crippen LogP contribution in [0.4, 0.5) is 10.1 Å². The van der Waals surface area contributed by atoms with Crippen LogP contribution in [0.5, 0.6) is 0 Å². The molecule has 3 rings (SSSR count). The Morgan fingerprint density at radius 1 is 1.21 bits per heavy atom. The highest BCUT2D eigenvalue weighted by molar-refractivity contribution is 5.79. The summed E-state index contributed by atoms with van der Waals surface area (Å²) in [5.41, 5.74) is 1.54. The number of morpholine rings is 1. The Morgan fingerprint density at radius 2 is 1.93 bits per heavy atom. The van der Waals surface area contributed by atoms with Gasteiger partial charge >= 0.3 is 0 Å². The number of nitrogens with one attached hydrogen (secondary N) is 1. The molecule has 7 heteroatoms. The highest BCUT2D eigenvalue weighted by Crippen LogP contribution is 2.22. The van der Waals surface area contributed by atoms with E-state index in [1.807, 2.05) is 17.0 Å². The molecule has 2 heterocycles. The molecular formula is C22H35FN4O2. The average Bonchev–Trinajstić information content (AvgIpc) is 2.76. The lowest BCUT2D eigenvalue weighted by molar-refractivity contribution is 0.0625. The molecule has 0 amide bonds. The number of anilines is 1. The quantitative estimate of drug-likeness (QED) is 0.557. The van der Waals surface area contributed by atoms with Gasteiger partial charge in [0.25, 0.3) is 0 Å². The molecule has 0 unspecified atom stereocenters. The molecule has 1 aromatic rings. The Kier molecular flexibility index (Phi) is 8.55. The van der Waals surface area contributed by atoms with Crippen LogP contribution in [0.25, 0.3) is 0 Å². The molecule has 2 aliphatic heterocycles. The van der Waals surface area contributed by atoms with Gasteiger partial charge in [-0.1, -0.05) is 6.07 Å². The first kappa shape index (κ1) is 21.8. The minimum atomic E-state index is -0.183. The minimum absolute atomic E-state index is 0.183. The number of guanidine groups is 1. The Bertz CT molecular complexity index is 658. The number of nitrogens with zero attached hydrogens (tertiary/aromatic N) is 3. The molecular weight excluding hydrogens is 371 g/mol. The van der Waals surface area contributed by atoms with E-state index in [1.54, 1.807) is 6.07 Å². The number of hydrogen-bond donors (Lipinski definition) is 1. The van der Waals surface area contributed by atoms with Crippen LogP contribution >= 0.6 is 0 Å². The summed E-state index contributed by atoms with van der Waals surface area (Å²) in [7, 11) is 2.07. The van der Waals surface area contributed by atoms with Crippen molar-refractivity contribution in [2.45, 2.75) is 32.7 Å². The standard InChI is InChI=1S/C22H35FN4O2/c1-3-24-22(26(2)9-6-18-7-12-28-13-8-18)25-17-19-4-5-21(20(23)16-19)27-10-14-29-15-11-27/h4-5,16,18H,3,6-15,17H2,1-2H3,(H,24,25). The first-order valence-corrected chi connectivity index (χ1v) is 10.9. The fraction of sp³-hybridized carbons (Fsp3) is 0.682. The van der Waals surface area contributed by atoms with Crippen molar-refractivity contribution in [3.05, 3.63) is 29.6 Å². The van der Waals surface area contributed by atoms with Gasteiger partial charge in [-0.25, -0.2) is 9.38 Å². The maximum atomic E-state index is 14.6. The molecule has 2 aliphatic rings. The highest BCUT2D eigenvalue weighted by Gasteiger charge is 2.17. The summed E-state index contributed by atoms with van der Waals surface area (Å²) in [6.45, 7) is 8.83. The van der Waals surface area contributed by atoms with Crippen molar-refractivity contribution in [1.29, 1.82) is 0 Å². The van der Waals surface area contributed by atoms with E-state index in [1.165, 1.54) is 0 Å². The van der Waals surface area contributed by atoms with Gasteiger partial charge in [-0.3, -0.25) is 0 Å². The van der Waals surface area contributed by atoms with Crippen LogP contribution in [0, 0.1) is 11.7 Å². The van der Waals surface area contributed by atoms with Crippen LogP contribution < -0.4 is 10.2 Å². The molecule has 0 saturated carbocycles. The number of halogens is 1. The molecule has 0 aliphatic carbocycles. The smallest absolute Gasteiger partial charge is 0.193 e.